The molecule has 0 spiro atoms. The summed E-state index contributed by atoms with van der Waals surface area (Å²) in [7, 11) is 0. The molecular formula is C19H16ClF3N2O2. The molecule has 27 heavy (non-hydrogen) atoms. The first-order valence-corrected chi connectivity index (χ1v) is 8.66. The predicted molar refractivity (Wildman–Crippen MR) is 95.5 cm³/mol. The molecule has 8 heteroatoms. The zero-order valence-electron chi connectivity index (χ0n) is 14.1. The summed E-state index contributed by atoms with van der Waals surface area (Å²) in [5.41, 5.74) is -0.136. The minimum Gasteiger partial charge on any atom is -0.305 e. The summed E-state index contributed by atoms with van der Waals surface area (Å²) in [6.07, 6.45) is -4.11. The van der Waals surface area contributed by atoms with Crippen LogP contribution in [0.5, 0.6) is 0 Å². The van der Waals surface area contributed by atoms with Crippen molar-refractivity contribution in [2.24, 2.45) is 0 Å². The Morgan fingerprint density at radius 2 is 1.81 bits per heavy atom. The van der Waals surface area contributed by atoms with Crippen LogP contribution in [-0.4, -0.2) is 24.4 Å². The summed E-state index contributed by atoms with van der Waals surface area (Å²) in [4.78, 5) is 25.5. The quantitative estimate of drug-likeness (QED) is 0.782. The SMILES string of the molecule is O=C1C[C@@H](NCCc2ccccc2)C(=O)N1c1ccc(Cl)c(C(F)(F)F)c1. The topological polar surface area (TPSA) is 49.4 Å². The molecule has 1 N–H and O–H groups in total. The highest BCUT2D eigenvalue weighted by Crippen LogP contribution is 2.37. The highest BCUT2D eigenvalue weighted by atomic mass is 35.5. The maximum absolute atomic E-state index is 13.0. The van der Waals surface area contributed by atoms with Gasteiger partial charge in [-0.1, -0.05) is 41.9 Å². The van der Waals surface area contributed by atoms with Gasteiger partial charge in [0.2, 0.25) is 5.91 Å². The Kier molecular flexibility index (Phi) is 5.53. The highest BCUT2D eigenvalue weighted by molar-refractivity contribution is 6.31. The van der Waals surface area contributed by atoms with Gasteiger partial charge in [0.1, 0.15) is 0 Å². The van der Waals surface area contributed by atoms with Crippen LogP contribution in [0.2, 0.25) is 5.02 Å². The van der Waals surface area contributed by atoms with Gasteiger partial charge < -0.3 is 5.32 Å². The van der Waals surface area contributed by atoms with Crippen molar-refractivity contribution < 1.29 is 22.8 Å². The van der Waals surface area contributed by atoms with Crippen LogP contribution in [0.4, 0.5) is 18.9 Å². The van der Waals surface area contributed by atoms with Gasteiger partial charge in [-0.05, 0) is 36.7 Å². The maximum Gasteiger partial charge on any atom is 0.417 e. The molecule has 0 aliphatic carbocycles. The molecule has 2 amide bonds. The number of amides is 2. The Morgan fingerprint density at radius 3 is 2.48 bits per heavy atom. The Bertz CT molecular complexity index is 856. The molecule has 2 aromatic rings. The van der Waals surface area contributed by atoms with Crippen LogP contribution in [0.3, 0.4) is 0 Å². The Morgan fingerprint density at radius 1 is 1.11 bits per heavy atom. The number of nitrogens with one attached hydrogen (secondary N) is 1. The van der Waals surface area contributed by atoms with E-state index in [1.54, 1.807) is 0 Å². The summed E-state index contributed by atoms with van der Waals surface area (Å²) in [5, 5.41) is 2.52. The van der Waals surface area contributed by atoms with Crippen molar-refractivity contribution in [2.45, 2.75) is 25.1 Å². The number of anilines is 1. The zero-order valence-corrected chi connectivity index (χ0v) is 14.8. The molecule has 1 fully saturated rings. The number of carbonyl (C=O) groups excluding carboxylic acids is 2. The smallest absolute Gasteiger partial charge is 0.305 e. The van der Waals surface area contributed by atoms with Crippen molar-refractivity contribution in [2.75, 3.05) is 11.4 Å². The van der Waals surface area contributed by atoms with Gasteiger partial charge in [0.15, 0.2) is 0 Å². The second-order valence-electron chi connectivity index (χ2n) is 6.18. The lowest BCUT2D eigenvalue weighted by Gasteiger charge is -2.18. The standard InChI is InChI=1S/C19H16ClF3N2O2/c20-15-7-6-13(10-14(15)19(21,22)23)25-17(26)11-16(18(25)27)24-9-8-12-4-2-1-3-5-12/h1-7,10,16,24H,8-9,11H2/t16-/m1/s1. The van der Waals surface area contributed by atoms with Crippen molar-refractivity contribution in [3.63, 3.8) is 0 Å². The minimum absolute atomic E-state index is 0.0996. The van der Waals surface area contributed by atoms with Gasteiger partial charge in [0.05, 0.1) is 28.7 Å². The first kappa shape index (κ1) is 19.4. The van der Waals surface area contributed by atoms with Gasteiger partial charge in [-0.3, -0.25) is 9.59 Å². The van der Waals surface area contributed by atoms with E-state index >= 15 is 0 Å². The Balaban J connectivity index is 1.71. The van der Waals surface area contributed by atoms with Gasteiger partial charge in [-0.2, -0.15) is 13.2 Å². The third-order valence-corrected chi connectivity index (χ3v) is 4.64. The molecule has 2 aromatic carbocycles. The molecule has 3 rings (SSSR count). The minimum atomic E-state index is -4.67. The molecule has 1 aliphatic rings. The fourth-order valence-electron chi connectivity index (χ4n) is 2.97. The monoisotopic (exact) mass is 396 g/mol. The molecule has 1 saturated heterocycles. The van der Waals surface area contributed by atoms with E-state index in [9.17, 15) is 22.8 Å². The summed E-state index contributed by atoms with van der Waals surface area (Å²) < 4.78 is 39.1. The van der Waals surface area contributed by atoms with Crippen LogP contribution >= 0.6 is 11.6 Å². The largest absolute Gasteiger partial charge is 0.417 e. The van der Waals surface area contributed by atoms with Crippen LogP contribution in [0.15, 0.2) is 48.5 Å². The van der Waals surface area contributed by atoms with E-state index in [2.05, 4.69) is 5.32 Å². The fourth-order valence-corrected chi connectivity index (χ4v) is 3.19. The molecule has 0 saturated carbocycles. The molecule has 0 aromatic heterocycles. The number of alkyl halides is 3. The first-order chi connectivity index (χ1) is 12.8. The van der Waals surface area contributed by atoms with Gasteiger partial charge in [-0.25, -0.2) is 4.90 Å². The Hall–Kier alpha value is -2.38. The molecule has 1 atom stereocenters. The van der Waals surface area contributed by atoms with Gasteiger partial charge in [0.25, 0.3) is 5.91 Å². The number of rotatable bonds is 5. The van der Waals surface area contributed by atoms with Crippen LogP contribution in [0, 0.1) is 0 Å². The Labute approximate surface area is 158 Å². The number of hydrogen-bond acceptors (Lipinski definition) is 3. The van der Waals surface area contributed by atoms with E-state index in [-0.39, 0.29) is 12.1 Å². The lowest BCUT2D eigenvalue weighted by atomic mass is 10.1. The van der Waals surface area contributed by atoms with E-state index in [1.165, 1.54) is 6.07 Å². The molecule has 0 radical (unpaired) electrons. The van der Waals surface area contributed by atoms with Gasteiger partial charge in [0, 0.05) is 0 Å². The summed E-state index contributed by atoms with van der Waals surface area (Å²) in [5.74, 6) is -1.11. The van der Waals surface area contributed by atoms with E-state index in [0.717, 1.165) is 22.6 Å². The molecular weight excluding hydrogens is 381 g/mol. The predicted octanol–water partition coefficient (Wildman–Crippen LogP) is 3.82. The van der Waals surface area contributed by atoms with E-state index in [4.69, 9.17) is 11.6 Å². The molecule has 0 bridgehead atoms. The number of halogens is 4. The maximum atomic E-state index is 13.0. The fraction of sp³-hybridized carbons (Fsp3) is 0.263. The number of benzene rings is 2. The van der Waals surface area contributed by atoms with Crippen LogP contribution < -0.4 is 10.2 Å². The van der Waals surface area contributed by atoms with Crippen LogP contribution in [0.25, 0.3) is 0 Å². The van der Waals surface area contributed by atoms with Crippen molar-refractivity contribution in [3.8, 4) is 0 Å². The van der Waals surface area contributed by atoms with Crippen LogP contribution in [-0.2, 0) is 22.2 Å². The van der Waals surface area contributed by atoms with E-state index < -0.39 is 34.6 Å². The molecule has 1 heterocycles. The number of carbonyl (C=O) groups is 2. The van der Waals surface area contributed by atoms with E-state index in [0.29, 0.717) is 13.0 Å². The molecule has 0 unspecified atom stereocenters. The van der Waals surface area contributed by atoms with Crippen molar-refractivity contribution in [3.05, 3.63) is 64.7 Å². The lowest BCUT2D eigenvalue weighted by molar-refractivity contribution is -0.137. The average Bonchev–Trinajstić information content (AvgIpc) is 2.89. The highest BCUT2D eigenvalue weighted by Gasteiger charge is 2.41. The lowest BCUT2D eigenvalue weighted by Crippen LogP contribution is -2.39. The normalized spacial score (nSPS) is 17.6. The molecule has 142 valence electrons. The molecule has 4 nitrogen and oxygen atoms in total. The number of hydrogen-bond donors (Lipinski definition) is 1. The third kappa shape index (κ3) is 4.31. The van der Waals surface area contributed by atoms with Crippen LogP contribution in [0.1, 0.15) is 17.5 Å². The third-order valence-electron chi connectivity index (χ3n) is 4.31. The van der Waals surface area contributed by atoms with Crippen molar-refractivity contribution in [1.82, 2.24) is 5.32 Å². The van der Waals surface area contributed by atoms with Gasteiger partial charge in [-0.15, -0.1) is 0 Å². The number of imide groups is 1. The summed E-state index contributed by atoms with van der Waals surface area (Å²) in [6.45, 7) is 0.468. The van der Waals surface area contributed by atoms with Crippen molar-refractivity contribution >= 4 is 29.1 Å². The first-order valence-electron chi connectivity index (χ1n) is 8.28. The second-order valence-corrected chi connectivity index (χ2v) is 6.58. The second kappa shape index (κ2) is 7.70. The van der Waals surface area contributed by atoms with Gasteiger partial charge >= 0.3 is 6.18 Å². The average molecular weight is 397 g/mol. The van der Waals surface area contributed by atoms with E-state index in [1.807, 2.05) is 30.3 Å². The van der Waals surface area contributed by atoms with Crippen molar-refractivity contribution in [1.29, 1.82) is 0 Å². The molecule has 1 aliphatic heterocycles. The summed E-state index contributed by atoms with van der Waals surface area (Å²) >= 11 is 5.60. The zero-order chi connectivity index (χ0) is 19.6. The number of nitrogens with zero attached hydrogens (tertiary/aromatic N) is 1. The summed E-state index contributed by atoms with van der Waals surface area (Å²) in [6, 6.07) is 11.8.